The minimum Gasteiger partial charge on any atom is -0.368 e. The number of halogens is 3. The molecule has 1 aromatic carbocycles. The third-order valence-corrected chi connectivity index (χ3v) is 2.56. The van der Waals surface area contributed by atoms with Gasteiger partial charge in [-0.25, -0.2) is 0 Å². The molecule has 2 rings (SSSR count). The Morgan fingerprint density at radius 1 is 1.21 bits per heavy atom. The molecule has 0 unspecified atom stereocenters. The second-order valence-electron chi connectivity index (χ2n) is 2.94. The van der Waals surface area contributed by atoms with Gasteiger partial charge in [0.15, 0.2) is 0 Å². The van der Waals surface area contributed by atoms with Gasteiger partial charge in [-0.05, 0) is 29.5 Å². The Morgan fingerprint density at radius 2 is 1.79 bits per heavy atom. The predicted molar refractivity (Wildman–Crippen MR) is 47.0 cm³/mol. The predicted octanol–water partition coefficient (Wildman–Crippen LogP) is 3.37. The van der Waals surface area contributed by atoms with E-state index in [-0.39, 0.29) is 22.8 Å². The first-order valence-corrected chi connectivity index (χ1v) is 4.83. The average Bonchev–Trinajstić information content (AvgIpc) is 2.85. The van der Waals surface area contributed by atoms with Crippen molar-refractivity contribution in [2.75, 3.05) is 6.61 Å². The third kappa shape index (κ3) is 2.65. The SMILES string of the molecule is FC(F)(F)Sc1ccc([C@@H]2CO2)cc1. The largest absolute Gasteiger partial charge is 0.446 e. The molecule has 0 aromatic heterocycles. The summed E-state index contributed by atoms with van der Waals surface area (Å²) in [6.07, 6.45) is 0.0972. The van der Waals surface area contributed by atoms with Crippen LogP contribution >= 0.6 is 11.8 Å². The Bertz CT molecular complexity index is 316. The number of epoxide rings is 1. The second-order valence-corrected chi connectivity index (χ2v) is 4.08. The first-order valence-electron chi connectivity index (χ1n) is 4.02. The molecular weight excluding hydrogens is 213 g/mol. The van der Waals surface area contributed by atoms with E-state index in [0.717, 1.165) is 5.56 Å². The van der Waals surface area contributed by atoms with Crippen LogP contribution in [0.5, 0.6) is 0 Å². The van der Waals surface area contributed by atoms with Gasteiger partial charge in [0.25, 0.3) is 0 Å². The van der Waals surface area contributed by atoms with Gasteiger partial charge in [0.05, 0.1) is 6.61 Å². The maximum absolute atomic E-state index is 12.0. The molecule has 1 aliphatic rings. The van der Waals surface area contributed by atoms with Crippen LogP contribution in [0.25, 0.3) is 0 Å². The van der Waals surface area contributed by atoms with Crippen LogP contribution in [0.1, 0.15) is 11.7 Å². The number of alkyl halides is 3. The van der Waals surface area contributed by atoms with Gasteiger partial charge in [0.1, 0.15) is 6.10 Å². The lowest BCUT2D eigenvalue weighted by Gasteiger charge is -2.05. The fraction of sp³-hybridized carbons (Fsp3) is 0.333. The van der Waals surface area contributed by atoms with E-state index in [0.29, 0.717) is 6.61 Å². The maximum atomic E-state index is 12.0. The molecule has 1 aromatic rings. The fourth-order valence-corrected chi connectivity index (χ4v) is 1.66. The number of rotatable bonds is 2. The van der Waals surface area contributed by atoms with Gasteiger partial charge in [-0.1, -0.05) is 12.1 Å². The van der Waals surface area contributed by atoms with E-state index in [1.807, 2.05) is 0 Å². The molecule has 1 atom stereocenters. The van der Waals surface area contributed by atoms with Crippen molar-refractivity contribution >= 4 is 11.8 Å². The first-order chi connectivity index (χ1) is 6.54. The third-order valence-electron chi connectivity index (χ3n) is 1.82. The number of benzene rings is 1. The molecule has 1 heterocycles. The number of hydrogen-bond donors (Lipinski definition) is 0. The molecule has 76 valence electrons. The van der Waals surface area contributed by atoms with Crippen LogP contribution in [-0.4, -0.2) is 12.1 Å². The lowest BCUT2D eigenvalue weighted by atomic mass is 10.2. The van der Waals surface area contributed by atoms with E-state index >= 15 is 0 Å². The van der Waals surface area contributed by atoms with E-state index in [4.69, 9.17) is 4.74 Å². The quantitative estimate of drug-likeness (QED) is 0.559. The highest BCUT2D eigenvalue weighted by Gasteiger charge is 2.29. The lowest BCUT2D eigenvalue weighted by molar-refractivity contribution is -0.0328. The normalized spacial score (nSPS) is 20.9. The van der Waals surface area contributed by atoms with Crippen molar-refractivity contribution < 1.29 is 17.9 Å². The Morgan fingerprint density at radius 3 is 2.21 bits per heavy atom. The first kappa shape index (κ1) is 9.86. The van der Waals surface area contributed by atoms with Crippen LogP contribution in [-0.2, 0) is 4.74 Å². The summed E-state index contributed by atoms with van der Waals surface area (Å²) in [5, 5.41) is 0. The van der Waals surface area contributed by atoms with Crippen LogP contribution in [0.3, 0.4) is 0 Å². The molecule has 0 amide bonds. The van der Waals surface area contributed by atoms with Crippen molar-refractivity contribution in [3.8, 4) is 0 Å². The molecule has 14 heavy (non-hydrogen) atoms. The monoisotopic (exact) mass is 220 g/mol. The summed E-state index contributed by atoms with van der Waals surface area (Å²) >= 11 is -0.0992. The van der Waals surface area contributed by atoms with Gasteiger partial charge in [0.2, 0.25) is 0 Å². The summed E-state index contributed by atoms with van der Waals surface area (Å²) in [7, 11) is 0. The minimum atomic E-state index is -4.21. The van der Waals surface area contributed by atoms with Crippen LogP contribution in [0, 0.1) is 0 Å². The second kappa shape index (κ2) is 3.47. The molecule has 0 N–H and O–H groups in total. The van der Waals surface area contributed by atoms with Gasteiger partial charge in [-0.2, -0.15) is 13.2 Å². The molecule has 0 spiro atoms. The zero-order valence-corrected chi connectivity index (χ0v) is 7.86. The number of ether oxygens (including phenoxy) is 1. The highest BCUT2D eigenvalue weighted by atomic mass is 32.2. The Balaban J connectivity index is 2.06. The van der Waals surface area contributed by atoms with Crippen molar-refractivity contribution in [1.29, 1.82) is 0 Å². The van der Waals surface area contributed by atoms with Crippen molar-refractivity contribution in [2.24, 2.45) is 0 Å². The van der Waals surface area contributed by atoms with Crippen LogP contribution in [0.4, 0.5) is 13.2 Å². The summed E-state index contributed by atoms with van der Waals surface area (Å²) in [4.78, 5) is 0.210. The summed E-state index contributed by atoms with van der Waals surface area (Å²) in [5.74, 6) is 0. The molecule has 1 aliphatic heterocycles. The minimum absolute atomic E-state index is 0.0972. The Labute approximate surface area is 83.3 Å². The van der Waals surface area contributed by atoms with Gasteiger partial charge in [-0.15, -0.1) is 0 Å². The van der Waals surface area contributed by atoms with Crippen molar-refractivity contribution in [2.45, 2.75) is 16.5 Å². The van der Waals surface area contributed by atoms with E-state index in [1.54, 1.807) is 12.1 Å². The molecule has 1 saturated heterocycles. The summed E-state index contributed by atoms with van der Waals surface area (Å²) in [6.45, 7) is 0.672. The van der Waals surface area contributed by atoms with Crippen molar-refractivity contribution in [1.82, 2.24) is 0 Å². The fourth-order valence-electron chi connectivity index (χ4n) is 1.12. The molecule has 0 radical (unpaired) electrons. The summed E-state index contributed by atoms with van der Waals surface area (Å²) in [6, 6.07) is 6.28. The standard InChI is InChI=1S/C9H7F3OS/c10-9(11,12)14-7-3-1-6(2-4-7)8-5-13-8/h1-4,8H,5H2/t8-/m0/s1. The zero-order valence-electron chi connectivity index (χ0n) is 7.04. The van der Waals surface area contributed by atoms with Crippen molar-refractivity contribution in [3.05, 3.63) is 29.8 Å². The zero-order chi connectivity index (χ0) is 10.2. The molecule has 5 heteroatoms. The lowest BCUT2D eigenvalue weighted by Crippen LogP contribution is -1.98. The Hall–Kier alpha value is -0.680. The summed E-state index contributed by atoms with van der Waals surface area (Å²) < 4.78 is 40.9. The highest BCUT2D eigenvalue weighted by Crippen LogP contribution is 2.38. The molecule has 0 saturated carbocycles. The van der Waals surface area contributed by atoms with Gasteiger partial charge in [-0.3, -0.25) is 0 Å². The van der Waals surface area contributed by atoms with E-state index < -0.39 is 5.51 Å². The molecular formula is C9H7F3OS. The average molecular weight is 220 g/mol. The smallest absolute Gasteiger partial charge is 0.368 e. The topological polar surface area (TPSA) is 12.5 Å². The molecule has 0 aliphatic carbocycles. The molecule has 1 nitrogen and oxygen atoms in total. The van der Waals surface area contributed by atoms with Gasteiger partial charge in [0, 0.05) is 4.90 Å². The summed E-state index contributed by atoms with van der Waals surface area (Å²) in [5.41, 5.74) is -3.27. The van der Waals surface area contributed by atoms with Crippen LogP contribution < -0.4 is 0 Å². The highest BCUT2D eigenvalue weighted by molar-refractivity contribution is 8.00. The Kier molecular flexibility index (Phi) is 2.45. The number of thioether (sulfide) groups is 1. The molecule has 0 bridgehead atoms. The van der Waals surface area contributed by atoms with Crippen LogP contribution in [0.2, 0.25) is 0 Å². The van der Waals surface area contributed by atoms with Gasteiger partial charge < -0.3 is 4.74 Å². The van der Waals surface area contributed by atoms with Crippen LogP contribution in [0.15, 0.2) is 29.2 Å². The number of hydrogen-bond acceptors (Lipinski definition) is 2. The van der Waals surface area contributed by atoms with Crippen molar-refractivity contribution in [3.63, 3.8) is 0 Å². The van der Waals surface area contributed by atoms with E-state index in [1.165, 1.54) is 12.1 Å². The van der Waals surface area contributed by atoms with E-state index in [2.05, 4.69) is 0 Å². The van der Waals surface area contributed by atoms with E-state index in [9.17, 15) is 13.2 Å². The molecule has 1 fully saturated rings. The maximum Gasteiger partial charge on any atom is 0.446 e. The van der Waals surface area contributed by atoms with Gasteiger partial charge >= 0.3 is 5.51 Å².